The molecule has 5 heteroatoms. The number of nitrogens with zero attached hydrogens (tertiary/aromatic N) is 2. The lowest BCUT2D eigenvalue weighted by molar-refractivity contribution is -0.137. The molecule has 0 aromatic carbocycles. The first-order chi connectivity index (χ1) is 7.22. The molecule has 15 heavy (non-hydrogen) atoms. The molecule has 2 N–H and O–H groups in total. The molecule has 1 aromatic heterocycles. The molecule has 0 aliphatic carbocycles. The van der Waals surface area contributed by atoms with Crippen LogP contribution < -0.4 is 0 Å². The number of carbonyl (C=O) groups is 1. The van der Waals surface area contributed by atoms with Gasteiger partial charge in [0, 0.05) is 31.4 Å². The van der Waals surface area contributed by atoms with E-state index in [4.69, 9.17) is 5.11 Å². The largest absolute Gasteiger partial charge is 0.481 e. The zero-order valence-electron chi connectivity index (χ0n) is 8.94. The van der Waals surface area contributed by atoms with Crippen LogP contribution in [0.25, 0.3) is 0 Å². The monoisotopic (exact) mass is 211 g/mol. The molecule has 0 saturated heterocycles. The van der Waals surface area contributed by atoms with Crippen molar-refractivity contribution in [3.8, 4) is 0 Å². The fourth-order valence-corrected chi connectivity index (χ4v) is 1.38. The lowest BCUT2D eigenvalue weighted by Crippen LogP contribution is -2.28. The number of hydrogen-bond acceptors (Lipinski definition) is 3. The molecule has 0 radical (unpaired) electrons. The average molecular weight is 211 g/mol. The van der Waals surface area contributed by atoms with Gasteiger partial charge in [0.1, 0.15) is 0 Å². The van der Waals surface area contributed by atoms with Gasteiger partial charge in [0.05, 0.1) is 12.7 Å². The molecular weight excluding hydrogens is 194 g/mol. The second kappa shape index (κ2) is 6.19. The molecule has 0 unspecified atom stereocenters. The Labute approximate surface area is 89.1 Å². The molecular formula is C10H17N3O2. The van der Waals surface area contributed by atoms with Crippen molar-refractivity contribution in [3.63, 3.8) is 0 Å². The summed E-state index contributed by atoms with van der Waals surface area (Å²) in [5.74, 6) is -0.741. The summed E-state index contributed by atoms with van der Waals surface area (Å²) in [7, 11) is 0. The molecule has 0 fully saturated rings. The smallest absolute Gasteiger partial charge is 0.304 e. The van der Waals surface area contributed by atoms with Crippen LogP contribution in [0.2, 0.25) is 0 Å². The van der Waals surface area contributed by atoms with Crippen LogP contribution in [0.5, 0.6) is 0 Å². The Balaban J connectivity index is 2.24. The van der Waals surface area contributed by atoms with Gasteiger partial charge < -0.3 is 15.0 Å². The standard InChI is InChI=1S/C10H17N3O2/c1-2-13(6-4-10(14)15)5-3-9-7-11-8-12-9/h7-8H,2-6H2,1H3,(H,11,12)(H,14,15). The van der Waals surface area contributed by atoms with E-state index in [0.717, 1.165) is 25.2 Å². The minimum atomic E-state index is -0.741. The Morgan fingerprint density at radius 2 is 2.40 bits per heavy atom. The van der Waals surface area contributed by atoms with Crippen LogP contribution in [0.1, 0.15) is 19.0 Å². The number of imidazole rings is 1. The Hall–Kier alpha value is -1.36. The molecule has 1 heterocycles. The number of H-pyrrole nitrogens is 1. The van der Waals surface area contributed by atoms with Gasteiger partial charge in [0.25, 0.3) is 0 Å². The first kappa shape index (κ1) is 11.7. The van der Waals surface area contributed by atoms with Crippen molar-refractivity contribution < 1.29 is 9.90 Å². The predicted octanol–water partition coefficient (Wildman–Crippen LogP) is 0.749. The van der Waals surface area contributed by atoms with E-state index in [1.165, 1.54) is 0 Å². The van der Waals surface area contributed by atoms with Gasteiger partial charge in [0.15, 0.2) is 0 Å². The second-order valence-electron chi connectivity index (χ2n) is 3.40. The molecule has 1 aromatic rings. The van der Waals surface area contributed by atoms with Crippen LogP contribution in [-0.2, 0) is 11.2 Å². The fraction of sp³-hybridized carbons (Fsp3) is 0.600. The van der Waals surface area contributed by atoms with Crippen LogP contribution in [0.15, 0.2) is 12.5 Å². The topological polar surface area (TPSA) is 69.2 Å². The summed E-state index contributed by atoms with van der Waals surface area (Å²) in [5.41, 5.74) is 1.09. The van der Waals surface area contributed by atoms with Crippen molar-refractivity contribution in [1.29, 1.82) is 0 Å². The first-order valence-electron chi connectivity index (χ1n) is 5.13. The van der Waals surface area contributed by atoms with Gasteiger partial charge in [-0.1, -0.05) is 6.92 Å². The second-order valence-corrected chi connectivity index (χ2v) is 3.40. The maximum atomic E-state index is 10.4. The van der Waals surface area contributed by atoms with Gasteiger partial charge in [-0.15, -0.1) is 0 Å². The number of carboxylic acid groups (broad SMARTS) is 1. The lowest BCUT2D eigenvalue weighted by Gasteiger charge is -2.18. The van der Waals surface area contributed by atoms with E-state index in [9.17, 15) is 4.79 Å². The molecule has 0 aliphatic heterocycles. The van der Waals surface area contributed by atoms with E-state index in [1.807, 2.05) is 6.92 Å². The number of nitrogens with one attached hydrogen (secondary N) is 1. The summed E-state index contributed by atoms with van der Waals surface area (Å²) in [6.07, 6.45) is 4.54. The van der Waals surface area contributed by atoms with Crippen molar-refractivity contribution in [3.05, 3.63) is 18.2 Å². The Kier molecular flexibility index (Phi) is 4.83. The minimum Gasteiger partial charge on any atom is -0.481 e. The SMILES string of the molecule is CCN(CCC(=O)O)CCc1cnc[nH]1. The number of aliphatic carboxylic acids is 1. The van der Waals surface area contributed by atoms with E-state index in [0.29, 0.717) is 6.54 Å². The Morgan fingerprint density at radius 1 is 1.60 bits per heavy atom. The highest BCUT2D eigenvalue weighted by molar-refractivity contribution is 5.66. The van der Waals surface area contributed by atoms with Gasteiger partial charge in [0.2, 0.25) is 0 Å². The summed E-state index contributed by atoms with van der Waals surface area (Å²) >= 11 is 0. The molecule has 1 rings (SSSR count). The van der Waals surface area contributed by atoms with Crippen molar-refractivity contribution in [2.24, 2.45) is 0 Å². The van der Waals surface area contributed by atoms with Gasteiger partial charge in [-0.05, 0) is 6.54 Å². The highest BCUT2D eigenvalue weighted by Crippen LogP contribution is 1.97. The third-order valence-corrected chi connectivity index (χ3v) is 2.34. The van der Waals surface area contributed by atoms with Crippen LogP contribution in [0, 0.1) is 0 Å². The third-order valence-electron chi connectivity index (χ3n) is 2.34. The molecule has 5 nitrogen and oxygen atoms in total. The van der Waals surface area contributed by atoms with Gasteiger partial charge >= 0.3 is 5.97 Å². The summed E-state index contributed by atoms with van der Waals surface area (Å²) in [6.45, 7) is 4.39. The summed E-state index contributed by atoms with van der Waals surface area (Å²) in [4.78, 5) is 19.5. The highest BCUT2D eigenvalue weighted by Gasteiger charge is 2.05. The van der Waals surface area contributed by atoms with Gasteiger partial charge in [-0.3, -0.25) is 4.79 Å². The van der Waals surface area contributed by atoms with E-state index in [-0.39, 0.29) is 6.42 Å². The van der Waals surface area contributed by atoms with Crippen molar-refractivity contribution in [2.45, 2.75) is 19.8 Å². The summed E-state index contributed by atoms with van der Waals surface area (Å²) < 4.78 is 0. The molecule has 0 atom stereocenters. The maximum Gasteiger partial charge on any atom is 0.304 e. The number of carboxylic acids is 1. The van der Waals surface area contributed by atoms with E-state index in [2.05, 4.69) is 14.9 Å². The Bertz CT molecular complexity index is 285. The van der Waals surface area contributed by atoms with Crippen molar-refractivity contribution in [1.82, 2.24) is 14.9 Å². The van der Waals surface area contributed by atoms with Gasteiger partial charge in [-0.25, -0.2) is 4.98 Å². The van der Waals surface area contributed by atoms with Crippen molar-refractivity contribution in [2.75, 3.05) is 19.6 Å². The summed E-state index contributed by atoms with van der Waals surface area (Å²) in [5, 5.41) is 8.57. The number of aromatic amines is 1. The minimum absolute atomic E-state index is 0.205. The zero-order valence-corrected chi connectivity index (χ0v) is 8.94. The number of hydrogen-bond donors (Lipinski definition) is 2. The van der Waals surface area contributed by atoms with Crippen LogP contribution >= 0.6 is 0 Å². The molecule has 0 spiro atoms. The average Bonchev–Trinajstić information content (AvgIpc) is 2.70. The molecule has 0 amide bonds. The lowest BCUT2D eigenvalue weighted by atomic mass is 10.3. The zero-order chi connectivity index (χ0) is 11.1. The number of aromatic nitrogens is 2. The molecule has 0 aliphatic rings. The van der Waals surface area contributed by atoms with Gasteiger partial charge in [-0.2, -0.15) is 0 Å². The Morgan fingerprint density at radius 3 is 2.93 bits per heavy atom. The normalized spacial score (nSPS) is 10.8. The first-order valence-corrected chi connectivity index (χ1v) is 5.13. The van der Waals surface area contributed by atoms with Crippen LogP contribution in [0.4, 0.5) is 0 Å². The van der Waals surface area contributed by atoms with Crippen LogP contribution in [-0.4, -0.2) is 45.6 Å². The molecule has 84 valence electrons. The fourth-order valence-electron chi connectivity index (χ4n) is 1.38. The highest BCUT2D eigenvalue weighted by atomic mass is 16.4. The van der Waals surface area contributed by atoms with Crippen molar-refractivity contribution >= 4 is 5.97 Å². The maximum absolute atomic E-state index is 10.4. The summed E-state index contributed by atoms with van der Waals surface area (Å²) in [6, 6.07) is 0. The predicted molar refractivity (Wildman–Crippen MR) is 56.7 cm³/mol. The molecule has 0 saturated carbocycles. The number of rotatable bonds is 7. The molecule has 0 bridgehead atoms. The quantitative estimate of drug-likeness (QED) is 0.698. The van der Waals surface area contributed by atoms with E-state index in [1.54, 1.807) is 12.5 Å². The third kappa shape index (κ3) is 4.60. The number of likely N-dealkylation sites (N-methyl/N-ethyl adjacent to an activating group) is 1. The van der Waals surface area contributed by atoms with E-state index < -0.39 is 5.97 Å². The van der Waals surface area contributed by atoms with E-state index >= 15 is 0 Å². The van der Waals surface area contributed by atoms with Crippen LogP contribution in [0.3, 0.4) is 0 Å².